The molecule has 0 heterocycles. The van der Waals surface area contributed by atoms with E-state index in [4.69, 9.17) is 14.9 Å². The van der Waals surface area contributed by atoms with Gasteiger partial charge in [-0.25, -0.2) is 0 Å². The second kappa shape index (κ2) is 14.4. The average molecular weight is 564 g/mol. The van der Waals surface area contributed by atoms with Gasteiger partial charge in [-0.3, -0.25) is 19.7 Å². The number of hydrogen-bond donors (Lipinski definition) is 2. The molecular weight excluding hydrogens is 510 g/mol. The van der Waals surface area contributed by atoms with E-state index < -0.39 is 43.9 Å². The largest absolute Gasteiger partial charge is 0.459 e. The van der Waals surface area contributed by atoms with Crippen LogP contribution in [0, 0.1) is 5.92 Å². The van der Waals surface area contributed by atoms with Crippen LogP contribution in [0.2, 0.25) is 18.1 Å². The lowest BCUT2D eigenvalue weighted by atomic mass is 9.99. The fraction of sp³-hybridized carbons (Fsp3) is 0.700. The average Bonchev–Trinajstić information content (AvgIpc) is 2.78. The van der Waals surface area contributed by atoms with Crippen molar-refractivity contribution >= 4 is 26.1 Å². The van der Waals surface area contributed by atoms with Crippen LogP contribution in [0.25, 0.3) is 0 Å². The van der Waals surface area contributed by atoms with Crippen LogP contribution in [-0.2, 0) is 30.0 Å². The first-order valence-corrected chi connectivity index (χ1v) is 16.9. The van der Waals surface area contributed by atoms with Crippen molar-refractivity contribution in [2.75, 3.05) is 13.7 Å². The number of carbonyl (C=O) groups excluding carboxylic acids is 3. The van der Waals surface area contributed by atoms with Gasteiger partial charge in [0.2, 0.25) is 11.8 Å². The summed E-state index contributed by atoms with van der Waals surface area (Å²) < 4.78 is 12.1. The number of nitrogens with zero attached hydrogens (tertiary/aromatic N) is 1. The van der Waals surface area contributed by atoms with Crippen molar-refractivity contribution in [3.63, 3.8) is 0 Å². The molecule has 1 aromatic carbocycles. The van der Waals surface area contributed by atoms with Crippen LogP contribution < -0.4 is 11.1 Å². The highest BCUT2D eigenvalue weighted by Crippen LogP contribution is 2.36. The van der Waals surface area contributed by atoms with E-state index in [2.05, 4.69) is 39.2 Å². The van der Waals surface area contributed by atoms with Gasteiger partial charge in [0.15, 0.2) is 8.32 Å². The smallest absolute Gasteiger partial charge is 0.323 e. The molecule has 0 aliphatic rings. The Labute approximate surface area is 237 Å². The Morgan fingerprint density at radius 3 is 2.03 bits per heavy atom. The van der Waals surface area contributed by atoms with Gasteiger partial charge in [0.05, 0.1) is 6.04 Å². The summed E-state index contributed by atoms with van der Waals surface area (Å²) in [5.74, 6) is -1.14. The molecule has 9 heteroatoms. The first kappa shape index (κ1) is 34.8. The third kappa shape index (κ3) is 11.8. The molecule has 8 nitrogen and oxygen atoms in total. The molecule has 2 amide bonds. The highest BCUT2D eigenvalue weighted by Gasteiger charge is 2.38. The highest BCUT2D eigenvalue weighted by molar-refractivity contribution is 6.74. The van der Waals surface area contributed by atoms with E-state index in [1.165, 1.54) is 4.90 Å². The van der Waals surface area contributed by atoms with Crippen LogP contribution in [-0.4, -0.2) is 68.4 Å². The first-order valence-electron chi connectivity index (χ1n) is 14.0. The molecule has 0 saturated carbocycles. The number of nitrogens with two attached hydrogens (primary N) is 1. The van der Waals surface area contributed by atoms with E-state index in [-0.39, 0.29) is 16.9 Å². The zero-order valence-electron chi connectivity index (χ0n) is 26.1. The van der Waals surface area contributed by atoms with Gasteiger partial charge >= 0.3 is 5.97 Å². The second-order valence-electron chi connectivity index (χ2n) is 13.4. The van der Waals surface area contributed by atoms with Crippen LogP contribution in [0.5, 0.6) is 0 Å². The minimum absolute atomic E-state index is 0.0310. The molecule has 0 bridgehead atoms. The van der Waals surface area contributed by atoms with E-state index in [0.717, 1.165) is 5.56 Å². The monoisotopic (exact) mass is 563 g/mol. The van der Waals surface area contributed by atoms with Crippen LogP contribution in [0.1, 0.15) is 73.8 Å². The summed E-state index contributed by atoms with van der Waals surface area (Å²) in [5, 5.41) is 3.32. The van der Waals surface area contributed by atoms with Crippen LogP contribution in [0.4, 0.5) is 0 Å². The first-order chi connectivity index (χ1) is 17.7. The van der Waals surface area contributed by atoms with Crippen molar-refractivity contribution in [3.05, 3.63) is 35.9 Å². The summed E-state index contributed by atoms with van der Waals surface area (Å²) in [7, 11) is -0.434. The lowest BCUT2D eigenvalue weighted by Crippen LogP contribution is -2.57. The van der Waals surface area contributed by atoms with Gasteiger partial charge in [-0.15, -0.1) is 0 Å². The Morgan fingerprint density at radius 1 is 1.00 bits per heavy atom. The summed E-state index contributed by atoms with van der Waals surface area (Å²) in [5.41, 5.74) is 5.97. The Bertz CT molecular complexity index is 938. The molecule has 0 unspecified atom stereocenters. The van der Waals surface area contributed by atoms with Crippen LogP contribution >= 0.6 is 0 Å². The summed E-state index contributed by atoms with van der Waals surface area (Å²) in [6, 6.07) is 7.18. The Kier molecular flexibility index (Phi) is 12.9. The standard InChI is InChI=1S/C30H53N3O5Si/c1-21(2)19-24(27(35)33(9)25(26(31)34)20-22-15-13-12-14-16-22)32-23(28(36)38-29(3,4)5)17-18-37-39(10,11)30(6,7)8/h12-16,21,23-25,32H,17-20H2,1-11H3,(H2,31,34)/t23-,24+,25+/m1/s1. The zero-order chi connectivity index (χ0) is 30.2. The van der Waals surface area contributed by atoms with Gasteiger partial charge < -0.3 is 19.8 Å². The number of esters is 1. The lowest BCUT2D eigenvalue weighted by molar-refractivity contribution is -0.158. The van der Waals surface area contributed by atoms with Gasteiger partial charge in [0, 0.05) is 20.1 Å². The van der Waals surface area contributed by atoms with Crippen molar-refractivity contribution in [1.29, 1.82) is 0 Å². The van der Waals surface area contributed by atoms with Gasteiger partial charge in [-0.2, -0.15) is 0 Å². The Morgan fingerprint density at radius 2 is 1.56 bits per heavy atom. The number of likely N-dealkylation sites (N-methyl/N-ethyl adjacent to an activating group) is 1. The van der Waals surface area contributed by atoms with E-state index in [0.29, 0.717) is 25.9 Å². The molecule has 0 saturated heterocycles. The molecule has 222 valence electrons. The van der Waals surface area contributed by atoms with Crippen molar-refractivity contribution in [1.82, 2.24) is 10.2 Å². The molecule has 0 spiro atoms. The molecule has 0 radical (unpaired) electrons. The van der Waals surface area contributed by atoms with E-state index in [1.54, 1.807) is 7.05 Å². The maximum Gasteiger partial charge on any atom is 0.323 e. The van der Waals surface area contributed by atoms with Crippen molar-refractivity contribution in [2.24, 2.45) is 11.7 Å². The number of hydrogen-bond acceptors (Lipinski definition) is 6. The molecule has 0 aliphatic heterocycles. The third-order valence-electron chi connectivity index (χ3n) is 7.19. The summed E-state index contributed by atoms with van der Waals surface area (Å²) in [6.07, 6.45) is 1.14. The Balaban J connectivity index is 3.21. The summed E-state index contributed by atoms with van der Waals surface area (Å²) in [4.78, 5) is 40.9. The molecule has 1 rings (SSSR count). The molecule has 0 fully saturated rings. The highest BCUT2D eigenvalue weighted by atomic mass is 28.4. The predicted molar refractivity (Wildman–Crippen MR) is 160 cm³/mol. The number of nitrogens with one attached hydrogen (secondary N) is 1. The number of amides is 2. The summed E-state index contributed by atoms with van der Waals surface area (Å²) >= 11 is 0. The van der Waals surface area contributed by atoms with Crippen molar-refractivity contribution in [2.45, 2.75) is 117 Å². The van der Waals surface area contributed by atoms with Gasteiger partial charge in [0.25, 0.3) is 0 Å². The van der Waals surface area contributed by atoms with Crippen LogP contribution in [0.3, 0.4) is 0 Å². The molecule has 3 N–H and O–H groups in total. The fourth-order valence-corrected chi connectivity index (χ4v) is 4.97. The molecular formula is C30H53N3O5Si. The van der Waals surface area contributed by atoms with Gasteiger partial charge in [-0.1, -0.05) is 65.0 Å². The third-order valence-corrected chi connectivity index (χ3v) is 11.7. The fourth-order valence-electron chi connectivity index (χ4n) is 3.91. The number of primary amides is 1. The summed E-state index contributed by atoms with van der Waals surface area (Å²) in [6.45, 7) is 20.7. The SMILES string of the molecule is CC(C)C[C@H](N[C@H](CCO[Si](C)(C)C(C)(C)C)C(=O)OC(C)(C)C)C(=O)N(C)[C@@H](Cc1ccccc1)C(N)=O. The van der Waals surface area contributed by atoms with Crippen molar-refractivity contribution < 1.29 is 23.5 Å². The van der Waals surface area contributed by atoms with Gasteiger partial charge in [-0.05, 0) is 63.2 Å². The maximum atomic E-state index is 13.8. The molecule has 3 atom stereocenters. The van der Waals surface area contributed by atoms with E-state index in [1.807, 2.05) is 65.0 Å². The Hall–Kier alpha value is -2.23. The molecule has 1 aromatic rings. The van der Waals surface area contributed by atoms with Gasteiger partial charge in [0.1, 0.15) is 17.7 Å². The molecule has 39 heavy (non-hydrogen) atoms. The number of rotatable bonds is 14. The lowest BCUT2D eigenvalue weighted by Gasteiger charge is -2.37. The molecule has 0 aromatic heterocycles. The number of ether oxygens (including phenoxy) is 1. The minimum Gasteiger partial charge on any atom is -0.459 e. The molecule has 0 aliphatic carbocycles. The van der Waals surface area contributed by atoms with Crippen molar-refractivity contribution in [3.8, 4) is 0 Å². The predicted octanol–water partition coefficient (Wildman–Crippen LogP) is 4.67. The maximum absolute atomic E-state index is 13.8. The topological polar surface area (TPSA) is 111 Å². The van der Waals surface area contributed by atoms with E-state index >= 15 is 0 Å². The normalized spacial score (nSPS) is 15.0. The number of benzene rings is 1. The second-order valence-corrected chi connectivity index (χ2v) is 18.2. The minimum atomic E-state index is -2.03. The quantitative estimate of drug-likeness (QED) is 0.251. The van der Waals surface area contributed by atoms with Crippen LogP contribution in [0.15, 0.2) is 30.3 Å². The number of carbonyl (C=O) groups is 3. The van der Waals surface area contributed by atoms with E-state index in [9.17, 15) is 14.4 Å². The zero-order valence-corrected chi connectivity index (χ0v) is 27.1.